The Morgan fingerprint density at radius 1 is 0.713 bits per heavy atom. The highest BCUT2D eigenvalue weighted by molar-refractivity contribution is 6.11. The standard InChI is InChI=1S/C56H84O24/c1-21-34(76-39-17-35(47(62)24(4)70-39)77-38-16-33(59)53(69-12)27(7)73-38)15-31-13-30-14-32(52(68-11)22(2)45(60)23(3)57)54(51(66)44(30)50(65)43(31)46(21)61)80-41-19-36(48(63)26(6)72-41)78-40-18-37(49(64)25(5)71-40)79-42-20-56(10,67)55(28(8)74-42)75-29(9)58/h13,15,22-28,32-33,35-42,45,47-49,52-55,57,59-65,67H,14,16-20H2,1-12H3. The largest absolute Gasteiger partial charge is 0.507 e. The van der Waals surface area contributed by atoms with Gasteiger partial charge in [0.1, 0.15) is 53.4 Å². The summed E-state index contributed by atoms with van der Waals surface area (Å²) in [7, 11) is 2.89. The van der Waals surface area contributed by atoms with Crippen molar-refractivity contribution in [3.63, 3.8) is 0 Å². The van der Waals surface area contributed by atoms with E-state index in [-0.39, 0.29) is 66.2 Å². The molecule has 2 aromatic rings. The maximum atomic E-state index is 15.2. The van der Waals surface area contributed by atoms with Crippen LogP contribution in [0.15, 0.2) is 12.1 Å². The van der Waals surface area contributed by atoms with Crippen LogP contribution < -0.4 is 4.74 Å². The Morgan fingerprint density at radius 2 is 1.23 bits per heavy atom. The second-order valence-electron chi connectivity index (χ2n) is 23.1. The molecule has 5 heterocycles. The van der Waals surface area contributed by atoms with Gasteiger partial charge in [-0.2, -0.15) is 0 Å². The van der Waals surface area contributed by atoms with Crippen LogP contribution in [0.1, 0.15) is 116 Å². The summed E-state index contributed by atoms with van der Waals surface area (Å²) >= 11 is 0. The van der Waals surface area contributed by atoms with Crippen LogP contribution in [0.5, 0.6) is 17.2 Å². The minimum atomic E-state index is -1.53. The number of Topliss-reactive ketones (excluding diaryl/α,β-unsaturated/α-hetero) is 1. The molecule has 0 saturated carbocycles. The van der Waals surface area contributed by atoms with Gasteiger partial charge in [-0.1, -0.05) is 6.92 Å². The summed E-state index contributed by atoms with van der Waals surface area (Å²) in [5.74, 6) is -3.76. The average Bonchev–Trinajstić information content (AvgIpc) is 3.39. The number of esters is 1. The number of aromatic hydroxyl groups is 2. The predicted molar refractivity (Wildman–Crippen MR) is 277 cm³/mol. The zero-order valence-corrected chi connectivity index (χ0v) is 47.5. The van der Waals surface area contributed by atoms with E-state index < -0.39 is 182 Å². The average molecular weight is 1140 g/mol. The molecule has 5 saturated heterocycles. The zero-order valence-electron chi connectivity index (χ0n) is 47.5. The molecule has 24 heteroatoms. The van der Waals surface area contributed by atoms with Crippen molar-refractivity contribution < 1.29 is 117 Å². The summed E-state index contributed by atoms with van der Waals surface area (Å²) in [5, 5.41) is 102. The first kappa shape index (κ1) is 62.6. The number of fused-ring (bicyclic) bond motifs is 2. The van der Waals surface area contributed by atoms with Crippen molar-refractivity contribution in [3.8, 4) is 17.2 Å². The minimum Gasteiger partial charge on any atom is -0.507 e. The highest BCUT2D eigenvalue weighted by Crippen LogP contribution is 2.48. The predicted octanol–water partition coefficient (Wildman–Crippen LogP) is 2.04. The first-order valence-electron chi connectivity index (χ1n) is 27.8. The summed E-state index contributed by atoms with van der Waals surface area (Å²) in [6, 6.07) is 3.23. The summed E-state index contributed by atoms with van der Waals surface area (Å²) < 4.78 is 78.9. The van der Waals surface area contributed by atoms with Gasteiger partial charge in [-0.05, 0) is 84.9 Å². The van der Waals surface area contributed by atoms with Crippen molar-refractivity contribution >= 4 is 22.5 Å². The number of hydrogen-bond acceptors (Lipinski definition) is 24. The summed E-state index contributed by atoms with van der Waals surface area (Å²) in [6.07, 6.45) is -22.8. The number of ketones is 1. The molecule has 6 aliphatic rings. The molecule has 8 rings (SSSR count). The van der Waals surface area contributed by atoms with Crippen molar-refractivity contribution in [2.75, 3.05) is 14.2 Å². The van der Waals surface area contributed by atoms with Crippen LogP contribution in [0.4, 0.5) is 0 Å². The molecular weight excluding hydrogens is 1060 g/mol. The molecule has 9 N–H and O–H groups in total. The summed E-state index contributed by atoms with van der Waals surface area (Å²) in [5.41, 5.74) is -1.14. The quantitative estimate of drug-likeness (QED) is 0.102. The van der Waals surface area contributed by atoms with Crippen molar-refractivity contribution in [1.82, 2.24) is 0 Å². The number of phenolic OH excluding ortho intramolecular Hbond substituents is 2. The van der Waals surface area contributed by atoms with E-state index in [1.165, 1.54) is 35.0 Å². The molecule has 26 unspecified atom stereocenters. The van der Waals surface area contributed by atoms with E-state index >= 15 is 4.79 Å². The van der Waals surface area contributed by atoms with Gasteiger partial charge in [-0.25, -0.2) is 0 Å². The number of carbonyl (C=O) groups is 2. The fourth-order valence-corrected chi connectivity index (χ4v) is 12.6. The first-order valence-corrected chi connectivity index (χ1v) is 27.8. The SMILES string of the molecule is COC1C(O)CC(OC2CC(Oc3cc4cc5c(c(O)c4c(O)c3C)C(=O)C(OC3CC(OC4CC(OC6CC(C)(O)C(OC(C)=O)C(C)O6)C(O)C(C)O4)C(O)C(C)O3)C(C(OC)C(C)C(O)C(C)O)C5)OC(C)C2O)OC1C. The molecule has 24 nitrogen and oxygen atoms in total. The van der Waals surface area contributed by atoms with E-state index in [9.17, 15) is 50.8 Å². The molecule has 0 aromatic heterocycles. The van der Waals surface area contributed by atoms with Gasteiger partial charge in [-0.15, -0.1) is 0 Å². The van der Waals surface area contributed by atoms with Gasteiger partial charge in [-0.3, -0.25) is 9.59 Å². The van der Waals surface area contributed by atoms with Gasteiger partial charge in [0.2, 0.25) is 6.29 Å². The van der Waals surface area contributed by atoms with Crippen LogP contribution in [0.3, 0.4) is 0 Å². The molecule has 5 aliphatic heterocycles. The van der Waals surface area contributed by atoms with Gasteiger partial charge in [0, 0.05) is 70.6 Å². The van der Waals surface area contributed by atoms with Crippen molar-refractivity contribution in [2.24, 2.45) is 11.8 Å². The molecule has 2 aromatic carbocycles. The number of carbonyl (C=O) groups excluding carboxylic acids is 2. The molecule has 0 bridgehead atoms. The molecule has 452 valence electrons. The van der Waals surface area contributed by atoms with E-state index in [1.54, 1.807) is 60.6 Å². The van der Waals surface area contributed by atoms with Crippen LogP contribution in [0, 0.1) is 18.8 Å². The van der Waals surface area contributed by atoms with E-state index in [0.717, 1.165) is 0 Å². The molecule has 26 atom stereocenters. The van der Waals surface area contributed by atoms with E-state index in [0.29, 0.717) is 5.56 Å². The first-order chi connectivity index (χ1) is 37.6. The van der Waals surface area contributed by atoms with Crippen molar-refractivity contribution in [1.29, 1.82) is 0 Å². The highest BCUT2D eigenvalue weighted by Gasteiger charge is 2.52. The number of rotatable bonds is 17. The third kappa shape index (κ3) is 13.1. The summed E-state index contributed by atoms with van der Waals surface area (Å²) in [4.78, 5) is 27.0. The number of aliphatic hydroxyl groups is 7. The van der Waals surface area contributed by atoms with E-state index in [1.807, 2.05) is 0 Å². The third-order valence-corrected chi connectivity index (χ3v) is 16.9. The van der Waals surface area contributed by atoms with Gasteiger partial charge < -0.3 is 108 Å². The number of phenols is 2. The van der Waals surface area contributed by atoms with Gasteiger partial charge >= 0.3 is 5.97 Å². The minimum absolute atomic E-state index is 0.00293. The molecule has 0 spiro atoms. The lowest BCUT2D eigenvalue weighted by molar-refractivity contribution is -0.334. The van der Waals surface area contributed by atoms with Crippen molar-refractivity contribution in [3.05, 3.63) is 28.8 Å². The van der Waals surface area contributed by atoms with Crippen LogP contribution in [0.25, 0.3) is 10.8 Å². The van der Waals surface area contributed by atoms with Gasteiger partial charge in [0.15, 0.2) is 37.0 Å². The van der Waals surface area contributed by atoms with Crippen molar-refractivity contribution in [2.45, 2.75) is 255 Å². The van der Waals surface area contributed by atoms with E-state index in [4.69, 9.17) is 61.6 Å². The van der Waals surface area contributed by atoms with Crippen LogP contribution in [0.2, 0.25) is 0 Å². The van der Waals surface area contributed by atoms with Crippen LogP contribution >= 0.6 is 0 Å². The normalized spacial score (nSPS) is 41.3. The second kappa shape index (κ2) is 25.4. The van der Waals surface area contributed by atoms with Crippen LogP contribution in [-0.2, 0) is 68.1 Å². The maximum Gasteiger partial charge on any atom is 0.303 e. The smallest absolute Gasteiger partial charge is 0.303 e. The topological polar surface area (TPSA) is 336 Å². The van der Waals surface area contributed by atoms with E-state index in [2.05, 4.69) is 0 Å². The number of hydrogen-bond donors (Lipinski definition) is 9. The number of methoxy groups -OCH3 is 2. The second-order valence-corrected chi connectivity index (χ2v) is 23.1. The lowest BCUT2D eigenvalue weighted by Crippen LogP contribution is -2.59. The Bertz CT molecular complexity index is 2440. The Hall–Kier alpha value is -3.48. The zero-order chi connectivity index (χ0) is 58.6. The Morgan fingerprint density at radius 3 is 1.75 bits per heavy atom. The number of ether oxygens (including phenoxy) is 13. The number of aliphatic hydroxyl groups excluding tert-OH is 6. The molecular formula is C56H84O24. The Labute approximate surface area is 465 Å². The van der Waals surface area contributed by atoms with Gasteiger partial charge in [0.05, 0.1) is 84.2 Å². The molecule has 5 fully saturated rings. The number of benzene rings is 2. The Kier molecular flexibility index (Phi) is 19.9. The molecule has 80 heavy (non-hydrogen) atoms. The van der Waals surface area contributed by atoms with Gasteiger partial charge in [0.25, 0.3) is 0 Å². The maximum absolute atomic E-state index is 15.2. The summed E-state index contributed by atoms with van der Waals surface area (Å²) in [6.45, 7) is 15.6. The fraction of sp³-hybridized carbons (Fsp3) is 0.786. The monoisotopic (exact) mass is 1140 g/mol. The molecule has 0 radical (unpaired) electrons. The highest BCUT2D eigenvalue weighted by atomic mass is 16.7. The lowest BCUT2D eigenvalue weighted by Gasteiger charge is -2.46. The molecule has 0 amide bonds. The fourth-order valence-electron chi connectivity index (χ4n) is 12.6. The molecule has 1 aliphatic carbocycles. The van der Waals surface area contributed by atoms with Crippen LogP contribution in [-0.4, -0.2) is 219 Å². The Balaban J connectivity index is 1.03. The third-order valence-electron chi connectivity index (χ3n) is 16.9. The lowest BCUT2D eigenvalue weighted by atomic mass is 9.72.